The van der Waals surface area contributed by atoms with Crippen LogP contribution in [0.1, 0.15) is 47.0 Å². The molecule has 2 aliphatic rings. The number of nitrogens with one attached hydrogen (secondary N) is 1. The van der Waals surface area contributed by atoms with Gasteiger partial charge in [-0.15, -0.1) is 0 Å². The van der Waals surface area contributed by atoms with E-state index >= 15 is 0 Å². The zero-order valence-corrected chi connectivity index (χ0v) is 17.5. The van der Waals surface area contributed by atoms with E-state index in [4.69, 9.17) is 22.2 Å². The third-order valence-electron chi connectivity index (χ3n) is 4.02. The molecule has 2 atom stereocenters. The molecule has 0 radical (unpaired) electrons. The fraction of sp³-hybridized carbons (Fsp3) is 0.611. The summed E-state index contributed by atoms with van der Waals surface area (Å²) in [7, 11) is 1.48. The summed E-state index contributed by atoms with van der Waals surface area (Å²) in [4.78, 5) is 30.4. The first-order valence-electron chi connectivity index (χ1n) is 9.10. The van der Waals surface area contributed by atoms with E-state index in [1.165, 1.54) is 18.0 Å². The predicted molar refractivity (Wildman–Crippen MR) is 105 cm³/mol. The predicted octanol–water partition coefficient (Wildman–Crippen LogP) is 2.76. The molecule has 8 nitrogen and oxygen atoms in total. The lowest BCUT2D eigenvalue weighted by atomic mass is 10.1. The number of amides is 2. The first-order chi connectivity index (χ1) is 12.9. The second-order valence-electron chi connectivity index (χ2n) is 7.73. The molecule has 2 amide bonds. The summed E-state index contributed by atoms with van der Waals surface area (Å²) in [5.74, 6) is 6.02. The second kappa shape index (κ2) is 8.48. The van der Waals surface area contributed by atoms with Crippen LogP contribution in [0.4, 0.5) is 9.18 Å². The number of carbonyl (C=O) groups excluding carboxylic acids is 2. The van der Waals surface area contributed by atoms with Gasteiger partial charge in [0.15, 0.2) is 5.82 Å². The molecule has 1 aliphatic carbocycles. The highest BCUT2D eigenvalue weighted by Crippen LogP contribution is 2.28. The molecule has 28 heavy (non-hydrogen) atoms. The van der Waals surface area contributed by atoms with Gasteiger partial charge in [0.2, 0.25) is 0 Å². The van der Waals surface area contributed by atoms with Crippen LogP contribution in [0.3, 0.4) is 0 Å². The van der Waals surface area contributed by atoms with E-state index in [9.17, 15) is 14.0 Å². The van der Waals surface area contributed by atoms with Gasteiger partial charge in [-0.3, -0.25) is 9.69 Å². The molecular weight excluding hydrogens is 389 g/mol. The SMILES string of the molecule is CCC/C(C(=O)N[C@@H]1C[C@@H]1F)=C1/N=C(Cl)C=C(N(C)C(=O)OC(C)(C)C)N1N. The Hall–Kier alpha value is -2.13. The molecule has 1 fully saturated rings. The molecule has 2 rings (SSSR count). The Bertz CT molecular complexity index is 744. The second-order valence-corrected chi connectivity index (χ2v) is 8.12. The van der Waals surface area contributed by atoms with Crippen LogP contribution >= 0.6 is 11.6 Å². The van der Waals surface area contributed by atoms with Crippen molar-refractivity contribution in [1.82, 2.24) is 15.2 Å². The van der Waals surface area contributed by atoms with Gasteiger partial charge in [0.25, 0.3) is 5.91 Å². The van der Waals surface area contributed by atoms with Crippen molar-refractivity contribution in [1.29, 1.82) is 0 Å². The highest BCUT2D eigenvalue weighted by Gasteiger charge is 2.40. The van der Waals surface area contributed by atoms with Crippen LogP contribution in [0, 0.1) is 0 Å². The van der Waals surface area contributed by atoms with Crippen LogP contribution < -0.4 is 11.2 Å². The number of ether oxygens (including phenoxy) is 1. The number of rotatable bonds is 5. The molecule has 156 valence electrons. The van der Waals surface area contributed by atoms with Crippen LogP contribution in [0.15, 0.2) is 28.3 Å². The third kappa shape index (κ3) is 5.45. The number of halogens is 2. The Morgan fingerprint density at radius 1 is 1.50 bits per heavy atom. The number of allylic oxidation sites excluding steroid dienone is 1. The number of hydrazine groups is 1. The molecule has 0 aromatic carbocycles. The molecule has 1 saturated carbocycles. The van der Waals surface area contributed by atoms with Gasteiger partial charge in [0.05, 0.1) is 11.6 Å². The maximum atomic E-state index is 13.2. The highest BCUT2D eigenvalue weighted by atomic mass is 35.5. The molecule has 0 bridgehead atoms. The summed E-state index contributed by atoms with van der Waals surface area (Å²) in [5.41, 5.74) is -0.429. The number of alkyl halides is 1. The first-order valence-corrected chi connectivity index (χ1v) is 9.48. The van der Waals surface area contributed by atoms with Crippen LogP contribution in [0.5, 0.6) is 0 Å². The van der Waals surface area contributed by atoms with Crippen molar-refractivity contribution in [2.75, 3.05) is 7.05 Å². The summed E-state index contributed by atoms with van der Waals surface area (Å²) in [6, 6.07) is -0.492. The minimum atomic E-state index is -1.03. The van der Waals surface area contributed by atoms with Gasteiger partial charge < -0.3 is 10.1 Å². The Balaban J connectivity index is 2.32. The third-order valence-corrected chi connectivity index (χ3v) is 4.21. The van der Waals surface area contributed by atoms with Gasteiger partial charge in [-0.25, -0.2) is 25.0 Å². The normalized spacial score (nSPS) is 23.5. The van der Waals surface area contributed by atoms with Crippen LogP contribution in [-0.2, 0) is 9.53 Å². The van der Waals surface area contributed by atoms with E-state index in [2.05, 4.69) is 10.3 Å². The van der Waals surface area contributed by atoms with Gasteiger partial charge in [-0.1, -0.05) is 24.9 Å². The van der Waals surface area contributed by atoms with Gasteiger partial charge in [0, 0.05) is 19.5 Å². The molecule has 3 N–H and O–H groups in total. The van der Waals surface area contributed by atoms with Gasteiger partial charge in [0.1, 0.15) is 22.8 Å². The zero-order valence-electron chi connectivity index (χ0n) is 16.8. The maximum absolute atomic E-state index is 13.2. The Kier molecular flexibility index (Phi) is 6.71. The van der Waals surface area contributed by atoms with E-state index in [0.717, 1.165) is 5.01 Å². The lowest BCUT2D eigenvalue weighted by Crippen LogP contribution is -2.44. The number of hydrogen-bond acceptors (Lipinski definition) is 6. The Morgan fingerprint density at radius 2 is 2.11 bits per heavy atom. The van der Waals surface area contributed by atoms with Crippen LogP contribution in [-0.4, -0.2) is 51.9 Å². The van der Waals surface area contributed by atoms with Crippen molar-refractivity contribution >= 4 is 28.8 Å². The standard InChI is InChI=1S/C18H27ClFN5O3/c1-6-7-10(16(26)22-12-8-11(12)20)15-23-13(19)9-14(25(15)21)24(5)17(27)28-18(2,3)4/h9,11-12H,6-8,21H2,1-5H3,(H,22,26)/b15-10+/t11-,12+/m0/s1. The van der Waals surface area contributed by atoms with Crippen molar-refractivity contribution in [3.05, 3.63) is 23.3 Å². The summed E-state index contributed by atoms with van der Waals surface area (Å²) < 4.78 is 18.5. The van der Waals surface area contributed by atoms with Crippen LogP contribution in [0.25, 0.3) is 0 Å². The average molecular weight is 416 g/mol. The average Bonchev–Trinajstić information content (AvgIpc) is 3.27. The quantitative estimate of drug-likeness (QED) is 0.531. The van der Waals surface area contributed by atoms with E-state index < -0.39 is 29.8 Å². The summed E-state index contributed by atoms with van der Waals surface area (Å²) in [5, 5.41) is 3.79. The molecule has 1 aliphatic heterocycles. The molecular formula is C18H27ClFN5O3. The lowest BCUT2D eigenvalue weighted by molar-refractivity contribution is -0.118. The maximum Gasteiger partial charge on any atom is 0.415 e. The monoisotopic (exact) mass is 415 g/mol. The molecule has 0 unspecified atom stereocenters. The van der Waals surface area contributed by atoms with Gasteiger partial charge in [-0.2, -0.15) is 0 Å². The van der Waals surface area contributed by atoms with E-state index in [-0.39, 0.29) is 22.4 Å². The largest absolute Gasteiger partial charge is 0.443 e. The number of carbonyl (C=O) groups is 2. The van der Waals surface area contributed by atoms with Crippen LogP contribution in [0.2, 0.25) is 0 Å². The Labute approximate surface area is 169 Å². The van der Waals surface area contributed by atoms with Crippen molar-refractivity contribution < 1.29 is 18.7 Å². The first kappa shape index (κ1) is 22.2. The van der Waals surface area contributed by atoms with Crippen molar-refractivity contribution in [3.8, 4) is 0 Å². The van der Waals surface area contributed by atoms with Crippen molar-refractivity contribution in [2.24, 2.45) is 10.8 Å². The number of aliphatic imine (C=N–C) groups is 1. The van der Waals surface area contributed by atoms with E-state index in [1.54, 1.807) is 20.8 Å². The summed E-state index contributed by atoms with van der Waals surface area (Å²) in [6.07, 6.45) is 1.02. The molecule has 0 saturated heterocycles. The van der Waals surface area contributed by atoms with E-state index in [1.807, 2.05) is 6.92 Å². The van der Waals surface area contributed by atoms with Crippen molar-refractivity contribution in [3.63, 3.8) is 0 Å². The summed E-state index contributed by atoms with van der Waals surface area (Å²) >= 11 is 6.13. The van der Waals surface area contributed by atoms with Gasteiger partial charge >= 0.3 is 6.09 Å². The minimum Gasteiger partial charge on any atom is -0.443 e. The highest BCUT2D eigenvalue weighted by molar-refractivity contribution is 6.68. The number of hydrogen-bond donors (Lipinski definition) is 2. The fourth-order valence-corrected chi connectivity index (χ4v) is 2.69. The zero-order chi connectivity index (χ0) is 21.2. The smallest absolute Gasteiger partial charge is 0.415 e. The topological polar surface area (TPSA) is 100 Å². The number of nitrogens with two attached hydrogens (primary N) is 1. The lowest BCUT2D eigenvalue weighted by Gasteiger charge is -2.33. The van der Waals surface area contributed by atoms with E-state index in [0.29, 0.717) is 19.3 Å². The van der Waals surface area contributed by atoms with Gasteiger partial charge in [-0.05, 0) is 27.2 Å². The minimum absolute atomic E-state index is 0.0540. The molecule has 0 aromatic rings. The molecule has 0 spiro atoms. The molecule has 1 heterocycles. The summed E-state index contributed by atoms with van der Waals surface area (Å²) in [6.45, 7) is 7.12. The number of nitrogens with zero attached hydrogens (tertiary/aromatic N) is 3. The molecule has 10 heteroatoms. The van der Waals surface area contributed by atoms with Crippen molar-refractivity contribution in [2.45, 2.75) is 64.8 Å². The fourth-order valence-electron chi connectivity index (χ4n) is 2.51. The molecule has 0 aromatic heterocycles. The Morgan fingerprint density at radius 3 is 2.61 bits per heavy atom.